The number of hydrogen-bond donors (Lipinski definition) is 1. The molecule has 0 radical (unpaired) electrons. The van der Waals surface area contributed by atoms with E-state index >= 15 is 0 Å². The van der Waals surface area contributed by atoms with E-state index in [1.807, 2.05) is 6.92 Å². The number of aromatic nitrogens is 1. The fraction of sp³-hybridized carbons (Fsp3) is 0.643. The molecule has 8 nitrogen and oxygen atoms in total. The van der Waals surface area contributed by atoms with Gasteiger partial charge in [0.05, 0.1) is 17.2 Å². The Morgan fingerprint density at radius 2 is 2.17 bits per heavy atom. The number of hydrogen-bond acceptors (Lipinski definition) is 7. The van der Waals surface area contributed by atoms with Gasteiger partial charge in [-0.1, -0.05) is 12.1 Å². The van der Waals surface area contributed by atoms with Crippen LogP contribution in [-0.4, -0.2) is 49.1 Å². The Morgan fingerprint density at radius 1 is 1.48 bits per heavy atom. The Balaban J connectivity index is 1.95. The second-order valence-electron chi connectivity index (χ2n) is 5.57. The number of nitrogens with one attached hydrogen (secondary N) is 1. The second-order valence-corrected chi connectivity index (χ2v) is 7.80. The lowest BCUT2D eigenvalue weighted by Crippen LogP contribution is -2.42. The Hall–Kier alpha value is -1.90. The topological polar surface area (TPSA) is 116 Å². The molecule has 1 saturated heterocycles. The highest BCUT2D eigenvalue weighted by molar-refractivity contribution is 7.91. The summed E-state index contributed by atoms with van der Waals surface area (Å²) >= 11 is 0. The summed E-state index contributed by atoms with van der Waals surface area (Å²) in [6.45, 7) is 4.85. The SMILES string of the molecule is CCc1noc(C)c1C(=O)O[C@@H](C)C(=O)N[C@H]1CCS(=O)(=O)C1. The molecule has 1 N–H and O–H groups in total. The summed E-state index contributed by atoms with van der Waals surface area (Å²) in [6, 6.07) is -0.433. The normalized spacial score (nSPS) is 20.9. The molecule has 0 bridgehead atoms. The molecule has 0 unspecified atom stereocenters. The van der Waals surface area contributed by atoms with Crippen LogP contribution in [0.4, 0.5) is 0 Å². The number of nitrogens with zero attached hydrogens (tertiary/aromatic N) is 1. The molecule has 0 spiro atoms. The predicted molar refractivity (Wildman–Crippen MR) is 80.7 cm³/mol. The van der Waals surface area contributed by atoms with Crippen molar-refractivity contribution in [2.75, 3.05) is 11.5 Å². The van der Waals surface area contributed by atoms with Crippen molar-refractivity contribution in [3.63, 3.8) is 0 Å². The van der Waals surface area contributed by atoms with Crippen molar-refractivity contribution in [3.8, 4) is 0 Å². The Morgan fingerprint density at radius 3 is 2.74 bits per heavy atom. The third-order valence-corrected chi connectivity index (χ3v) is 5.47. The molecule has 23 heavy (non-hydrogen) atoms. The summed E-state index contributed by atoms with van der Waals surface area (Å²) in [6.07, 6.45) is -0.160. The van der Waals surface area contributed by atoms with Crippen LogP contribution in [0.15, 0.2) is 4.52 Å². The van der Waals surface area contributed by atoms with E-state index in [0.717, 1.165) is 0 Å². The fourth-order valence-corrected chi connectivity index (χ4v) is 4.09. The van der Waals surface area contributed by atoms with Crippen molar-refractivity contribution in [1.29, 1.82) is 0 Å². The van der Waals surface area contributed by atoms with Gasteiger partial charge in [-0.3, -0.25) is 4.79 Å². The molecule has 1 aromatic rings. The zero-order chi connectivity index (χ0) is 17.2. The summed E-state index contributed by atoms with van der Waals surface area (Å²) in [4.78, 5) is 24.2. The second kappa shape index (κ2) is 6.69. The molecule has 2 heterocycles. The molecule has 0 aliphatic carbocycles. The minimum atomic E-state index is -3.08. The van der Waals surface area contributed by atoms with Crippen LogP contribution in [-0.2, 0) is 25.8 Å². The van der Waals surface area contributed by atoms with Crippen LogP contribution in [0.3, 0.4) is 0 Å². The lowest BCUT2D eigenvalue weighted by molar-refractivity contribution is -0.129. The summed E-state index contributed by atoms with van der Waals surface area (Å²) in [5.41, 5.74) is 0.706. The van der Waals surface area contributed by atoms with Crippen molar-refractivity contribution in [3.05, 3.63) is 17.0 Å². The minimum absolute atomic E-state index is 0.0614. The number of sulfone groups is 1. The van der Waals surface area contributed by atoms with E-state index in [9.17, 15) is 18.0 Å². The number of amides is 1. The van der Waals surface area contributed by atoms with Gasteiger partial charge < -0.3 is 14.6 Å². The quantitative estimate of drug-likeness (QED) is 0.768. The van der Waals surface area contributed by atoms with Gasteiger partial charge >= 0.3 is 5.97 Å². The zero-order valence-corrected chi connectivity index (χ0v) is 14.1. The fourth-order valence-electron chi connectivity index (χ4n) is 2.42. The highest BCUT2D eigenvalue weighted by Gasteiger charge is 2.31. The van der Waals surface area contributed by atoms with E-state index in [4.69, 9.17) is 9.26 Å². The first-order valence-electron chi connectivity index (χ1n) is 7.40. The van der Waals surface area contributed by atoms with E-state index in [-0.39, 0.29) is 17.1 Å². The number of carbonyl (C=O) groups excluding carboxylic acids is 2. The van der Waals surface area contributed by atoms with Gasteiger partial charge in [0.25, 0.3) is 5.91 Å². The van der Waals surface area contributed by atoms with Crippen LogP contribution in [0, 0.1) is 6.92 Å². The van der Waals surface area contributed by atoms with Crippen molar-refractivity contribution in [2.45, 2.75) is 45.8 Å². The first-order valence-corrected chi connectivity index (χ1v) is 9.22. The van der Waals surface area contributed by atoms with Crippen molar-refractivity contribution in [1.82, 2.24) is 10.5 Å². The number of carbonyl (C=O) groups is 2. The van der Waals surface area contributed by atoms with Gasteiger partial charge in [0, 0.05) is 6.04 Å². The smallest absolute Gasteiger partial charge is 0.344 e. The van der Waals surface area contributed by atoms with Crippen molar-refractivity contribution in [2.24, 2.45) is 0 Å². The Kier molecular flexibility index (Phi) is 5.08. The first kappa shape index (κ1) is 17.5. The zero-order valence-electron chi connectivity index (χ0n) is 13.3. The number of aryl methyl sites for hydroxylation is 2. The van der Waals surface area contributed by atoms with Gasteiger partial charge in [-0.15, -0.1) is 0 Å². The molecule has 2 atom stereocenters. The van der Waals surface area contributed by atoms with E-state index in [1.54, 1.807) is 6.92 Å². The highest BCUT2D eigenvalue weighted by atomic mass is 32.2. The lowest BCUT2D eigenvalue weighted by Gasteiger charge is -2.16. The molecular weight excluding hydrogens is 324 g/mol. The molecule has 1 fully saturated rings. The third-order valence-electron chi connectivity index (χ3n) is 3.70. The standard InChI is InChI=1S/C14H20N2O6S/c1-4-11-12(8(2)22-16-11)14(18)21-9(3)13(17)15-10-5-6-23(19,20)7-10/h9-10H,4-7H2,1-3H3,(H,15,17)/t9-,10-/m0/s1. The molecule has 2 rings (SSSR count). The van der Waals surface area contributed by atoms with Crippen LogP contribution in [0.5, 0.6) is 0 Å². The van der Waals surface area contributed by atoms with E-state index in [2.05, 4.69) is 10.5 Å². The lowest BCUT2D eigenvalue weighted by atomic mass is 10.1. The van der Waals surface area contributed by atoms with E-state index in [0.29, 0.717) is 24.3 Å². The van der Waals surface area contributed by atoms with Gasteiger partial charge in [0.15, 0.2) is 15.9 Å². The van der Waals surface area contributed by atoms with E-state index in [1.165, 1.54) is 6.92 Å². The average Bonchev–Trinajstić information content (AvgIpc) is 3.00. The van der Waals surface area contributed by atoms with Gasteiger partial charge in [-0.05, 0) is 26.7 Å². The average molecular weight is 344 g/mol. The molecule has 128 valence electrons. The largest absolute Gasteiger partial charge is 0.449 e. The molecule has 1 aliphatic rings. The predicted octanol–water partition coefficient (Wildman–Crippen LogP) is 0.394. The molecule has 9 heteroatoms. The van der Waals surface area contributed by atoms with Crippen molar-refractivity contribution < 1.29 is 27.3 Å². The van der Waals surface area contributed by atoms with Crippen LogP contribution >= 0.6 is 0 Å². The first-order chi connectivity index (χ1) is 10.7. The summed E-state index contributed by atoms with van der Waals surface area (Å²) < 4.78 is 32.9. The van der Waals surface area contributed by atoms with E-state index < -0.39 is 33.9 Å². The molecule has 0 saturated carbocycles. The summed E-state index contributed by atoms with van der Waals surface area (Å²) in [5, 5.41) is 6.36. The van der Waals surface area contributed by atoms with Crippen LogP contribution < -0.4 is 5.32 Å². The highest BCUT2D eigenvalue weighted by Crippen LogP contribution is 2.16. The van der Waals surface area contributed by atoms with Crippen LogP contribution in [0.2, 0.25) is 0 Å². The third kappa shape index (κ3) is 4.10. The summed E-state index contributed by atoms with van der Waals surface area (Å²) in [7, 11) is -3.08. The van der Waals surface area contributed by atoms with Gasteiger partial charge in [-0.25, -0.2) is 13.2 Å². The van der Waals surface area contributed by atoms with Gasteiger partial charge in [-0.2, -0.15) is 0 Å². The Labute approximate surface area is 134 Å². The molecule has 1 aromatic heterocycles. The maximum Gasteiger partial charge on any atom is 0.344 e. The maximum atomic E-state index is 12.2. The monoisotopic (exact) mass is 344 g/mol. The van der Waals surface area contributed by atoms with Crippen LogP contribution in [0.1, 0.15) is 42.1 Å². The minimum Gasteiger partial charge on any atom is -0.449 e. The van der Waals surface area contributed by atoms with Gasteiger partial charge in [0.1, 0.15) is 11.3 Å². The number of rotatable bonds is 5. The number of ether oxygens (including phenoxy) is 1. The molecular formula is C14H20N2O6S. The molecule has 0 aromatic carbocycles. The Bertz CT molecular complexity index is 709. The summed E-state index contributed by atoms with van der Waals surface area (Å²) in [5.74, 6) is -0.882. The van der Waals surface area contributed by atoms with Crippen molar-refractivity contribution >= 4 is 21.7 Å². The maximum absolute atomic E-state index is 12.2. The number of esters is 1. The van der Waals surface area contributed by atoms with Gasteiger partial charge in [0.2, 0.25) is 0 Å². The molecule has 1 aliphatic heterocycles. The van der Waals surface area contributed by atoms with Crippen LogP contribution in [0.25, 0.3) is 0 Å². The molecule has 1 amide bonds.